The molecule has 0 atom stereocenters. The van der Waals surface area contributed by atoms with Gasteiger partial charge in [0.15, 0.2) is 0 Å². The van der Waals surface area contributed by atoms with Crippen molar-refractivity contribution in [3.8, 4) is 0 Å². The maximum atomic E-state index is 3.23. The molecule has 0 aromatic heterocycles. The first-order valence-electron chi connectivity index (χ1n) is 3.56. The number of nitrogens with one attached hydrogen (secondary N) is 1. The van der Waals surface area contributed by atoms with Crippen molar-refractivity contribution in [1.82, 2.24) is 0 Å². The van der Waals surface area contributed by atoms with Gasteiger partial charge in [0.05, 0.1) is 5.69 Å². The highest BCUT2D eigenvalue weighted by molar-refractivity contribution is 8.03. The molecule has 0 radical (unpaired) electrons. The normalized spacial score (nSPS) is 14.8. The molecule has 1 nitrogen and oxygen atoms in total. The van der Waals surface area contributed by atoms with E-state index in [2.05, 4.69) is 30.4 Å². The van der Waals surface area contributed by atoms with Crippen molar-refractivity contribution in [3.05, 3.63) is 35.4 Å². The minimum Gasteiger partial charge on any atom is -0.360 e. The van der Waals surface area contributed by atoms with E-state index in [1.165, 1.54) is 15.5 Å². The fourth-order valence-electron chi connectivity index (χ4n) is 1.06. The van der Waals surface area contributed by atoms with Crippen molar-refractivity contribution in [2.45, 2.75) is 11.8 Å². The summed E-state index contributed by atoms with van der Waals surface area (Å²) < 4.78 is 0. The predicted molar refractivity (Wildman–Crippen MR) is 49.7 cm³/mol. The van der Waals surface area contributed by atoms with Crippen molar-refractivity contribution in [1.29, 1.82) is 0 Å². The molecule has 0 bridgehead atoms. The van der Waals surface area contributed by atoms with E-state index in [0.717, 1.165) is 0 Å². The molecular formula is C9H9NS. The van der Waals surface area contributed by atoms with Gasteiger partial charge in [0.25, 0.3) is 0 Å². The Labute approximate surface area is 70.5 Å². The fourth-order valence-corrected chi connectivity index (χ4v) is 1.91. The average molecular weight is 163 g/mol. The summed E-state index contributed by atoms with van der Waals surface area (Å²) in [5.41, 5.74) is 1.21. The molecule has 0 saturated heterocycles. The minimum absolute atomic E-state index is 1.21. The molecule has 11 heavy (non-hydrogen) atoms. The third kappa shape index (κ3) is 1.26. The van der Waals surface area contributed by atoms with Crippen molar-refractivity contribution in [2.24, 2.45) is 0 Å². The zero-order valence-corrected chi connectivity index (χ0v) is 7.11. The smallest absolute Gasteiger partial charge is 0.0521 e. The lowest BCUT2D eigenvalue weighted by Crippen LogP contribution is -1.95. The molecule has 0 spiro atoms. The molecule has 0 saturated carbocycles. The van der Waals surface area contributed by atoms with Gasteiger partial charge in [-0.3, -0.25) is 0 Å². The second kappa shape index (κ2) is 2.62. The molecule has 2 heteroatoms. The number of hydrogen-bond acceptors (Lipinski definition) is 2. The van der Waals surface area contributed by atoms with Crippen molar-refractivity contribution < 1.29 is 0 Å². The Kier molecular flexibility index (Phi) is 1.62. The Morgan fingerprint density at radius 3 is 3.00 bits per heavy atom. The van der Waals surface area contributed by atoms with Crippen LogP contribution < -0.4 is 5.32 Å². The number of allylic oxidation sites excluding steroid dienone is 1. The molecule has 1 aromatic rings. The first kappa shape index (κ1) is 6.80. The van der Waals surface area contributed by atoms with E-state index in [1.54, 1.807) is 0 Å². The van der Waals surface area contributed by atoms with E-state index in [1.807, 2.05) is 24.0 Å². The van der Waals surface area contributed by atoms with Gasteiger partial charge < -0.3 is 5.32 Å². The topological polar surface area (TPSA) is 12.0 Å². The Morgan fingerprint density at radius 1 is 1.27 bits per heavy atom. The van der Waals surface area contributed by atoms with Gasteiger partial charge in [-0.05, 0) is 19.1 Å². The summed E-state index contributed by atoms with van der Waals surface area (Å²) in [6, 6.07) is 8.32. The van der Waals surface area contributed by atoms with E-state index in [4.69, 9.17) is 0 Å². The lowest BCUT2D eigenvalue weighted by Gasteiger charge is -2.14. The summed E-state index contributed by atoms with van der Waals surface area (Å²) >= 11 is 1.81. The Bertz CT molecular complexity index is 304. The summed E-state index contributed by atoms with van der Waals surface area (Å²) in [5.74, 6) is 0. The molecule has 0 amide bonds. The van der Waals surface area contributed by atoms with Crippen LogP contribution >= 0.6 is 11.8 Å². The first-order chi connectivity index (χ1) is 5.36. The van der Waals surface area contributed by atoms with E-state index < -0.39 is 0 Å². The molecule has 56 valence electrons. The summed E-state index contributed by atoms with van der Waals surface area (Å²) in [4.78, 5) is 2.62. The fraction of sp³-hybridized carbons (Fsp3) is 0.111. The van der Waals surface area contributed by atoms with E-state index in [-0.39, 0.29) is 0 Å². The highest BCUT2D eigenvalue weighted by atomic mass is 32.2. The van der Waals surface area contributed by atoms with Gasteiger partial charge in [-0.1, -0.05) is 23.9 Å². The van der Waals surface area contributed by atoms with Gasteiger partial charge in [0, 0.05) is 16.0 Å². The SMILES string of the molecule is CC1=CNc2ccccc2S1. The van der Waals surface area contributed by atoms with Crippen LogP contribution in [0.15, 0.2) is 40.3 Å². The molecule has 1 aliphatic heterocycles. The van der Waals surface area contributed by atoms with Gasteiger partial charge >= 0.3 is 0 Å². The lowest BCUT2D eigenvalue weighted by atomic mass is 10.3. The van der Waals surface area contributed by atoms with Crippen molar-refractivity contribution >= 4 is 17.4 Å². The van der Waals surface area contributed by atoms with Crippen molar-refractivity contribution in [3.63, 3.8) is 0 Å². The number of thioether (sulfide) groups is 1. The zero-order valence-electron chi connectivity index (χ0n) is 6.29. The van der Waals surface area contributed by atoms with Crippen molar-refractivity contribution in [2.75, 3.05) is 5.32 Å². The third-order valence-electron chi connectivity index (χ3n) is 1.59. The maximum absolute atomic E-state index is 3.23. The molecule has 1 aliphatic rings. The zero-order chi connectivity index (χ0) is 7.68. The van der Waals surface area contributed by atoms with E-state index in [9.17, 15) is 0 Å². The van der Waals surface area contributed by atoms with Crippen LogP contribution in [-0.2, 0) is 0 Å². The largest absolute Gasteiger partial charge is 0.360 e. The van der Waals surface area contributed by atoms with Crippen LogP contribution in [0, 0.1) is 0 Å². The number of rotatable bonds is 0. The minimum atomic E-state index is 1.21. The second-order valence-corrected chi connectivity index (χ2v) is 3.79. The molecule has 1 heterocycles. The number of anilines is 1. The highest BCUT2D eigenvalue weighted by Gasteiger charge is 2.05. The predicted octanol–water partition coefficient (Wildman–Crippen LogP) is 3.07. The summed E-state index contributed by atoms with van der Waals surface area (Å²) in [7, 11) is 0. The third-order valence-corrected chi connectivity index (χ3v) is 2.60. The maximum Gasteiger partial charge on any atom is 0.0521 e. The van der Waals surface area contributed by atoms with Crippen LogP contribution in [0.2, 0.25) is 0 Å². The lowest BCUT2D eigenvalue weighted by molar-refractivity contribution is 1.38. The van der Waals surface area contributed by atoms with Crippen LogP contribution in [0.3, 0.4) is 0 Å². The number of para-hydroxylation sites is 1. The van der Waals surface area contributed by atoms with Gasteiger partial charge in [-0.25, -0.2) is 0 Å². The number of benzene rings is 1. The molecule has 1 N–H and O–H groups in total. The molecular weight excluding hydrogens is 154 g/mol. The van der Waals surface area contributed by atoms with Gasteiger partial charge in [-0.2, -0.15) is 0 Å². The quantitative estimate of drug-likeness (QED) is 0.630. The van der Waals surface area contributed by atoms with Crippen LogP contribution in [0.5, 0.6) is 0 Å². The van der Waals surface area contributed by atoms with Gasteiger partial charge in [0.1, 0.15) is 0 Å². The van der Waals surface area contributed by atoms with Gasteiger partial charge in [0.2, 0.25) is 0 Å². The van der Waals surface area contributed by atoms with Crippen LogP contribution in [0.1, 0.15) is 6.92 Å². The molecule has 1 aromatic carbocycles. The summed E-state index contributed by atoms with van der Waals surface area (Å²) in [5, 5.41) is 3.23. The Morgan fingerprint density at radius 2 is 2.09 bits per heavy atom. The monoisotopic (exact) mass is 163 g/mol. The van der Waals surface area contributed by atoms with Crippen LogP contribution in [0.25, 0.3) is 0 Å². The highest BCUT2D eigenvalue weighted by Crippen LogP contribution is 2.35. The second-order valence-electron chi connectivity index (χ2n) is 2.50. The van der Waals surface area contributed by atoms with Crippen LogP contribution in [-0.4, -0.2) is 0 Å². The summed E-state index contributed by atoms with van der Waals surface area (Å²) in [6.45, 7) is 2.10. The Hall–Kier alpha value is -0.890. The first-order valence-corrected chi connectivity index (χ1v) is 4.38. The van der Waals surface area contributed by atoms with E-state index >= 15 is 0 Å². The molecule has 0 aliphatic carbocycles. The van der Waals surface area contributed by atoms with Crippen LogP contribution in [0.4, 0.5) is 5.69 Å². The number of hydrogen-bond donors (Lipinski definition) is 1. The van der Waals surface area contributed by atoms with E-state index in [0.29, 0.717) is 0 Å². The van der Waals surface area contributed by atoms with Gasteiger partial charge in [-0.15, -0.1) is 0 Å². The molecule has 0 unspecified atom stereocenters. The Balaban J connectivity index is 2.42. The molecule has 0 fully saturated rings. The standard InChI is InChI=1S/C9H9NS/c1-7-6-10-8-4-2-3-5-9(8)11-7/h2-6,10H,1H3. The average Bonchev–Trinajstić information content (AvgIpc) is 2.04. The molecule has 2 rings (SSSR count). The number of fused-ring (bicyclic) bond motifs is 1. The summed E-state index contributed by atoms with van der Waals surface area (Å²) in [6.07, 6.45) is 2.03.